The molecule has 124 valence electrons. The molecular weight excluding hydrogens is 302 g/mol. The van der Waals surface area contributed by atoms with Crippen molar-refractivity contribution in [1.82, 2.24) is 5.01 Å². The van der Waals surface area contributed by atoms with E-state index in [1.165, 1.54) is 11.3 Å². The molecule has 3 rings (SSSR count). The number of aryl methyl sites for hydroxylation is 1. The van der Waals surface area contributed by atoms with Crippen LogP contribution < -0.4 is 10.6 Å². The third kappa shape index (κ3) is 3.71. The van der Waals surface area contributed by atoms with Crippen LogP contribution in [0.5, 0.6) is 0 Å². The van der Waals surface area contributed by atoms with E-state index in [9.17, 15) is 4.79 Å². The summed E-state index contributed by atoms with van der Waals surface area (Å²) in [6.45, 7) is 5.64. The van der Waals surface area contributed by atoms with Crippen LogP contribution in [0.4, 0.5) is 11.4 Å². The van der Waals surface area contributed by atoms with Gasteiger partial charge >= 0.3 is 0 Å². The van der Waals surface area contributed by atoms with Crippen molar-refractivity contribution in [3.05, 3.63) is 59.7 Å². The van der Waals surface area contributed by atoms with Crippen LogP contribution in [0, 0.1) is 6.92 Å². The number of hydrogen-bond acceptors (Lipinski definition) is 4. The molecule has 1 aliphatic rings. The van der Waals surface area contributed by atoms with Gasteiger partial charge in [-0.25, -0.2) is 0 Å². The fourth-order valence-electron chi connectivity index (χ4n) is 2.75. The van der Waals surface area contributed by atoms with Crippen molar-refractivity contribution in [2.45, 2.75) is 6.92 Å². The summed E-state index contributed by atoms with van der Waals surface area (Å²) < 4.78 is 0. The largest absolute Gasteiger partial charge is 0.368 e. The molecule has 1 saturated heterocycles. The molecule has 2 N–H and O–H groups in total. The van der Waals surface area contributed by atoms with Crippen LogP contribution in [0.1, 0.15) is 15.9 Å². The van der Waals surface area contributed by atoms with Crippen molar-refractivity contribution in [1.29, 1.82) is 0 Å². The van der Waals surface area contributed by atoms with Gasteiger partial charge in [-0.05, 0) is 42.8 Å². The molecule has 0 spiro atoms. The van der Waals surface area contributed by atoms with Gasteiger partial charge in [-0.2, -0.15) is 0 Å². The van der Waals surface area contributed by atoms with Crippen LogP contribution in [0.25, 0.3) is 0 Å². The molecule has 6 heteroatoms. The molecule has 24 heavy (non-hydrogen) atoms. The lowest BCUT2D eigenvalue weighted by atomic mass is 10.1. The first-order valence-electron chi connectivity index (χ1n) is 8.00. The number of carbonyl (C=O) groups is 1. The van der Waals surface area contributed by atoms with Gasteiger partial charge in [0.05, 0.1) is 18.8 Å². The van der Waals surface area contributed by atoms with E-state index in [4.69, 9.17) is 5.73 Å². The number of amides is 1. The Morgan fingerprint density at radius 3 is 2.29 bits per heavy atom. The fourth-order valence-corrected chi connectivity index (χ4v) is 2.75. The number of anilines is 1. The van der Waals surface area contributed by atoms with Gasteiger partial charge in [0.1, 0.15) is 0 Å². The van der Waals surface area contributed by atoms with Gasteiger partial charge in [0.2, 0.25) is 5.91 Å². The third-order valence-electron chi connectivity index (χ3n) is 4.15. The molecular formula is C18H21N5O. The van der Waals surface area contributed by atoms with Crippen LogP contribution >= 0.6 is 0 Å². The van der Waals surface area contributed by atoms with Crippen LogP contribution in [0.2, 0.25) is 0 Å². The molecule has 0 unspecified atom stereocenters. The Balaban J connectivity index is 1.57. The Morgan fingerprint density at radius 1 is 1.00 bits per heavy atom. The van der Waals surface area contributed by atoms with E-state index in [1.54, 1.807) is 24.3 Å². The number of para-hydroxylation sites is 1. The lowest BCUT2D eigenvalue weighted by Gasteiger charge is -2.34. The number of nitrogens with two attached hydrogens (primary N) is 1. The molecule has 0 atom stereocenters. The maximum absolute atomic E-state index is 11.0. The lowest BCUT2D eigenvalue weighted by Crippen LogP contribution is -2.44. The molecule has 6 nitrogen and oxygen atoms in total. The molecule has 1 aliphatic heterocycles. The molecule has 1 fully saturated rings. The van der Waals surface area contributed by atoms with E-state index in [-0.39, 0.29) is 0 Å². The van der Waals surface area contributed by atoms with Crippen molar-refractivity contribution < 1.29 is 4.79 Å². The van der Waals surface area contributed by atoms with E-state index >= 15 is 0 Å². The van der Waals surface area contributed by atoms with Crippen LogP contribution in [0.3, 0.4) is 0 Å². The van der Waals surface area contributed by atoms with Crippen molar-refractivity contribution in [3.63, 3.8) is 0 Å². The zero-order valence-corrected chi connectivity index (χ0v) is 13.7. The minimum atomic E-state index is -0.439. The summed E-state index contributed by atoms with van der Waals surface area (Å²) >= 11 is 0. The van der Waals surface area contributed by atoms with E-state index < -0.39 is 5.91 Å². The Morgan fingerprint density at radius 2 is 1.67 bits per heavy atom. The second kappa shape index (κ2) is 7.12. The summed E-state index contributed by atoms with van der Waals surface area (Å²) in [5.74, 6) is -0.439. The van der Waals surface area contributed by atoms with E-state index in [1.807, 2.05) is 5.01 Å². The van der Waals surface area contributed by atoms with E-state index in [0.29, 0.717) is 11.3 Å². The second-order valence-electron chi connectivity index (χ2n) is 5.83. The molecule has 1 heterocycles. The second-order valence-corrected chi connectivity index (χ2v) is 5.83. The highest BCUT2D eigenvalue weighted by atomic mass is 16.1. The first-order valence-corrected chi connectivity index (χ1v) is 8.00. The number of benzene rings is 2. The van der Waals surface area contributed by atoms with E-state index in [0.717, 1.165) is 26.2 Å². The standard InChI is InChI=1S/C18H21N5O/c1-14-4-2-3-5-17(14)22-10-12-23(13-11-22)21-20-16-8-6-15(7-9-16)18(19)24/h2-9H,10-13H2,1H3,(H2,19,24). The maximum Gasteiger partial charge on any atom is 0.248 e. The number of primary amides is 1. The molecule has 0 saturated carbocycles. The molecule has 0 bridgehead atoms. The first-order chi connectivity index (χ1) is 11.6. The predicted molar refractivity (Wildman–Crippen MR) is 94.4 cm³/mol. The van der Waals surface area contributed by atoms with Gasteiger partial charge in [-0.3, -0.25) is 9.80 Å². The van der Waals surface area contributed by atoms with Gasteiger partial charge in [-0.15, -0.1) is 5.11 Å². The normalized spacial score (nSPS) is 15.0. The maximum atomic E-state index is 11.0. The smallest absolute Gasteiger partial charge is 0.248 e. The Hall–Kier alpha value is -2.89. The highest BCUT2D eigenvalue weighted by molar-refractivity contribution is 5.92. The summed E-state index contributed by atoms with van der Waals surface area (Å²) in [6, 6.07) is 15.2. The summed E-state index contributed by atoms with van der Waals surface area (Å²) in [6.07, 6.45) is 0. The minimum absolute atomic E-state index is 0.439. The average molecular weight is 323 g/mol. The van der Waals surface area contributed by atoms with E-state index in [2.05, 4.69) is 46.4 Å². The summed E-state index contributed by atoms with van der Waals surface area (Å²) in [4.78, 5) is 13.4. The monoisotopic (exact) mass is 323 g/mol. The van der Waals surface area contributed by atoms with Crippen molar-refractivity contribution in [3.8, 4) is 0 Å². The average Bonchev–Trinajstić information content (AvgIpc) is 2.61. The van der Waals surface area contributed by atoms with Gasteiger partial charge in [-0.1, -0.05) is 23.4 Å². The Kier molecular flexibility index (Phi) is 4.74. The van der Waals surface area contributed by atoms with Gasteiger partial charge in [0.15, 0.2) is 0 Å². The molecule has 2 aromatic carbocycles. The van der Waals surface area contributed by atoms with Crippen LogP contribution in [-0.4, -0.2) is 37.1 Å². The van der Waals surface area contributed by atoms with Crippen molar-refractivity contribution in [2.75, 3.05) is 31.1 Å². The zero-order valence-electron chi connectivity index (χ0n) is 13.7. The quantitative estimate of drug-likeness (QED) is 0.879. The van der Waals surface area contributed by atoms with Crippen LogP contribution in [-0.2, 0) is 0 Å². The van der Waals surface area contributed by atoms with Gasteiger partial charge in [0.25, 0.3) is 0 Å². The highest BCUT2D eigenvalue weighted by Gasteiger charge is 2.17. The highest BCUT2D eigenvalue weighted by Crippen LogP contribution is 2.21. The number of piperazine rings is 1. The topological polar surface area (TPSA) is 74.3 Å². The number of nitrogens with zero attached hydrogens (tertiary/aromatic N) is 4. The SMILES string of the molecule is Cc1ccccc1N1CCN(N=Nc2ccc(C(N)=O)cc2)CC1. The third-order valence-corrected chi connectivity index (χ3v) is 4.15. The molecule has 2 aromatic rings. The molecule has 0 radical (unpaired) electrons. The lowest BCUT2D eigenvalue weighted by molar-refractivity contribution is 0.100. The summed E-state index contributed by atoms with van der Waals surface area (Å²) in [5, 5.41) is 10.5. The van der Waals surface area contributed by atoms with Crippen molar-refractivity contribution in [2.24, 2.45) is 16.1 Å². The number of hydrogen-bond donors (Lipinski definition) is 1. The summed E-state index contributed by atoms with van der Waals surface area (Å²) in [7, 11) is 0. The molecule has 0 aliphatic carbocycles. The van der Waals surface area contributed by atoms with Crippen LogP contribution in [0.15, 0.2) is 58.9 Å². The minimum Gasteiger partial charge on any atom is -0.368 e. The number of rotatable bonds is 4. The van der Waals surface area contributed by atoms with Gasteiger partial charge in [0, 0.05) is 24.3 Å². The number of carbonyl (C=O) groups excluding carboxylic acids is 1. The summed E-state index contributed by atoms with van der Waals surface area (Å²) in [5.41, 5.74) is 8.98. The Bertz CT molecular complexity index is 733. The first kappa shape index (κ1) is 16.0. The van der Waals surface area contributed by atoms with Gasteiger partial charge < -0.3 is 10.6 Å². The van der Waals surface area contributed by atoms with Crippen molar-refractivity contribution >= 4 is 17.3 Å². The molecule has 0 aromatic heterocycles. The fraction of sp³-hybridized carbons (Fsp3) is 0.278. The zero-order chi connectivity index (χ0) is 16.9. The predicted octanol–water partition coefficient (Wildman–Crippen LogP) is 2.91. The Labute approximate surface area is 141 Å². The molecule has 1 amide bonds.